The van der Waals surface area contributed by atoms with Crippen LogP contribution < -0.4 is 10.2 Å². The first-order chi connectivity index (χ1) is 12.4. The Morgan fingerprint density at radius 1 is 1.08 bits per heavy atom. The van der Waals surface area contributed by atoms with Gasteiger partial charge in [0, 0.05) is 11.7 Å². The summed E-state index contributed by atoms with van der Waals surface area (Å²) in [6.07, 6.45) is 1.36. The average Bonchev–Trinajstić information content (AvgIpc) is 3.15. The number of carbonyl (C=O) groups excluding carboxylic acids is 3. The molecule has 1 atom stereocenters. The highest BCUT2D eigenvalue weighted by molar-refractivity contribution is 5.97. The SMILES string of the molecule is CC(NC(=O)c1ccco1)C(=O)OCC(=O)N(c1ccccc1)C(C)C. The van der Waals surface area contributed by atoms with Gasteiger partial charge < -0.3 is 19.4 Å². The Bertz CT molecular complexity index is 741. The van der Waals surface area contributed by atoms with E-state index in [0.29, 0.717) is 0 Å². The van der Waals surface area contributed by atoms with Gasteiger partial charge in [0.1, 0.15) is 6.04 Å². The van der Waals surface area contributed by atoms with E-state index in [-0.39, 0.29) is 17.7 Å². The summed E-state index contributed by atoms with van der Waals surface area (Å²) in [5.74, 6) is -1.48. The third-order valence-corrected chi connectivity index (χ3v) is 3.60. The number of carbonyl (C=O) groups is 3. The van der Waals surface area contributed by atoms with Crippen LogP contribution in [0, 0.1) is 0 Å². The second-order valence-electron chi connectivity index (χ2n) is 5.97. The van der Waals surface area contributed by atoms with Crippen LogP contribution in [0.5, 0.6) is 0 Å². The third-order valence-electron chi connectivity index (χ3n) is 3.60. The Balaban J connectivity index is 1.90. The molecule has 0 spiro atoms. The zero-order valence-corrected chi connectivity index (χ0v) is 15.0. The summed E-state index contributed by atoms with van der Waals surface area (Å²) in [5, 5.41) is 2.46. The molecule has 2 aromatic rings. The van der Waals surface area contributed by atoms with Crippen LogP contribution in [0.25, 0.3) is 0 Å². The molecule has 1 N–H and O–H groups in total. The smallest absolute Gasteiger partial charge is 0.328 e. The van der Waals surface area contributed by atoms with Crippen LogP contribution >= 0.6 is 0 Å². The number of ether oxygens (including phenoxy) is 1. The van der Waals surface area contributed by atoms with Crippen molar-refractivity contribution in [2.24, 2.45) is 0 Å². The lowest BCUT2D eigenvalue weighted by molar-refractivity contribution is -0.149. The van der Waals surface area contributed by atoms with Crippen LogP contribution in [0.2, 0.25) is 0 Å². The molecule has 2 rings (SSSR count). The lowest BCUT2D eigenvalue weighted by atomic mass is 10.2. The summed E-state index contributed by atoms with van der Waals surface area (Å²) >= 11 is 0. The number of rotatable bonds is 7. The van der Waals surface area contributed by atoms with E-state index in [2.05, 4.69) is 5.32 Å². The van der Waals surface area contributed by atoms with Gasteiger partial charge in [0.25, 0.3) is 11.8 Å². The van der Waals surface area contributed by atoms with Crippen molar-refractivity contribution in [1.29, 1.82) is 0 Å². The Labute approximate surface area is 151 Å². The van der Waals surface area contributed by atoms with Crippen molar-refractivity contribution in [3.05, 3.63) is 54.5 Å². The largest absolute Gasteiger partial charge is 0.459 e. The van der Waals surface area contributed by atoms with E-state index in [4.69, 9.17) is 9.15 Å². The third kappa shape index (κ3) is 4.95. The maximum absolute atomic E-state index is 12.5. The summed E-state index contributed by atoms with van der Waals surface area (Å²) < 4.78 is 10.0. The predicted octanol–water partition coefficient (Wildman–Crippen LogP) is 2.38. The Kier molecular flexibility index (Phi) is 6.54. The minimum atomic E-state index is -0.912. The number of hydrogen-bond donors (Lipinski definition) is 1. The van der Waals surface area contributed by atoms with Gasteiger partial charge in [0.05, 0.1) is 6.26 Å². The molecule has 0 saturated heterocycles. The van der Waals surface area contributed by atoms with Crippen LogP contribution in [0.3, 0.4) is 0 Å². The van der Waals surface area contributed by atoms with Gasteiger partial charge in [-0.05, 0) is 45.0 Å². The van der Waals surface area contributed by atoms with Gasteiger partial charge in [-0.15, -0.1) is 0 Å². The van der Waals surface area contributed by atoms with Gasteiger partial charge in [-0.25, -0.2) is 4.79 Å². The van der Waals surface area contributed by atoms with E-state index < -0.39 is 24.5 Å². The van der Waals surface area contributed by atoms with E-state index in [0.717, 1.165) is 5.69 Å². The Hall–Kier alpha value is -3.09. The zero-order chi connectivity index (χ0) is 19.1. The van der Waals surface area contributed by atoms with E-state index in [9.17, 15) is 14.4 Å². The van der Waals surface area contributed by atoms with E-state index in [1.54, 1.807) is 11.0 Å². The first kappa shape index (κ1) is 19.2. The monoisotopic (exact) mass is 358 g/mol. The lowest BCUT2D eigenvalue weighted by Crippen LogP contribution is -2.43. The highest BCUT2D eigenvalue weighted by Crippen LogP contribution is 2.16. The topological polar surface area (TPSA) is 88.9 Å². The number of benzene rings is 1. The predicted molar refractivity (Wildman–Crippen MR) is 95.7 cm³/mol. The fraction of sp³-hybridized carbons (Fsp3) is 0.316. The van der Waals surface area contributed by atoms with E-state index in [1.165, 1.54) is 19.3 Å². The fourth-order valence-electron chi connectivity index (χ4n) is 2.38. The molecule has 0 bridgehead atoms. The van der Waals surface area contributed by atoms with Crippen molar-refractivity contribution in [2.45, 2.75) is 32.9 Å². The van der Waals surface area contributed by atoms with Crippen molar-refractivity contribution in [3.63, 3.8) is 0 Å². The number of nitrogens with one attached hydrogen (secondary N) is 1. The van der Waals surface area contributed by atoms with Gasteiger partial charge in [0.15, 0.2) is 12.4 Å². The van der Waals surface area contributed by atoms with Gasteiger partial charge >= 0.3 is 5.97 Å². The molecule has 0 radical (unpaired) electrons. The van der Waals surface area contributed by atoms with Crippen LogP contribution in [0.4, 0.5) is 5.69 Å². The van der Waals surface area contributed by atoms with Crippen molar-refractivity contribution in [3.8, 4) is 0 Å². The van der Waals surface area contributed by atoms with E-state index >= 15 is 0 Å². The first-order valence-corrected chi connectivity index (χ1v) is 8.28. The summed E-state index contributed by atoms with van der Waals surface area (Å²) in [6, 6.07) is 11.2. The lowest BCUT2D eigenvalue weighted by Gasteiger charge is -2.26. The number of nitrogens with zero attached hydrogens (tertiary/aromatic N) is 1. The number of furan rings is 1. The zero-order valence-electron chi connectivity index (χ0n) is 15.0. The molecular formula is C19H22N2O5. The number of hydrogen-bond acceptors (Lipinski definition) is 5. The molecule has 1 aromatic carbocycles. The molecule has 138 valence electrons. The molecule has 26 heavy (non-hydrogen) atoms. The maximum atomic E-state index is 12.5. The van der Waals surface area contributed by atoms with Crippen molar-refractivity contribution in [2.75, 3.05) is 11.5 Å². The van der Waals surface area contributed by atoms with Gasteiger partial charge in [-0.2, -0.15) is 0 Å². The van der Waals surface area contributed by atoms with Gasteiger partial charge in [-0.3, -0.25) is 9.59 Å². The van der Waals surface area contributed by atoms with E-state index in [1.807, 2.05) is 44.2 Å². The summed E-state index contributed by atoms with van der Waals surface area (Å²) in [5.41, 5.74) is 0.725. The quantitative estimate of drug-likeness (QED) is 0.768. The van der Waals surface area contributed by atoms with Crippen LogP contribution in [-0.2, 0) is 14.3 Å². The van der Waals surface area contributed by atoms with Crippen molar-refractivity contribution in [1.82, 2.24) is 5.32 Å². The number of esters is 1. The minimum Gasteiger partial charge on any atom is -0.459 e. The highest BCUT2D eigenvalue weighted by Gasteiger charge is 2.23. The molecule has 1 unspecified atom stereocenters. The summed E-state index contributed by atoms with van der Waals surface area (Å²) in [6.45, 7) is 4.82. The van der Waals surface area contributed by atoms with Crippen LogP contribution in [-0.4, -0.2) is 36.5 Å². The molecule has 0 saturated carbocycles. The number of para-hydroxylation sites is 1. The molecule has 0 fully saturated rings. The second-order valence-corrected chi connectivity index (χ2v) is 5.97. The second kappa shape index (κ2) is 8.84. The van der Waals surface area contributed by atoms with Crippen molar-refractivity contribution >= 4 is 23.5 Å². The molecule has 1 aromatic heterocycles. The molecule has 0 aliphatic rings. The highest BCUT2D eigenvalue weighted by atomic mass is 16.5. The minimum absolute atomic E-state index is 0.0933. The van der Waals surface area contributed by atoms with Crippen molar-refractivity contribution < 1.29 is 23.5 Å². The normalized spacial score (nSPS) is 11.7. The van der Waals surface area contributed by atoms with Crippen LogP contribution in [0.15, 0.2) is 53.1 Å². The Morgan fingerprint density at radius 3 is 2.35 bits per heavy atom. The van der Waals surface area contributed by atoms with Gasteiger partial charge in [0.2, 0.25) is 0 Å². The number of amides is 2. The molecular weight excluding hydrogens is 336 g/mol. The molecule has 0 aliphatic heterocycles. The maximum Gasteiger partial charge on any atom is 0.328 e. The number of anilines is 1. The molecule has 2 amide bonds. The first-order valence-electron chi connectivity index (χ1n) is 8.28. The van der Waals surface area contributed by atoms with Gasteiger partial charge in [-0.1, -0.05) is 18.2 Å². The summed E-state index contributed by atoms with van der Waals surface area (Å²) in [4.78, 5) is 37.9. The van der Waals surface area contributed by atoms with Crippen LogP contribution in [0.1, 0.15) is 31.3 Å². The molecule has 7 nitrogen and oxygen atoms in total. The Morgan fingerprint density at radius 2 is 1.77 bits per heavy atom. The summed E-state index contributed by atoms with van der Waals surface area (Å²) in [7, 11) is 0. The average molecular weight is 358 g/mol. The molecule has 7 heteroatoms. The fourth-order valence-corrected chi connectivity index (χ4v) is 2.38. The standard InChI is InChI=1S/C19H22N2O5/c1-13(2)21(15-8-5-4-6-9-15)17(22)12-26-19(24)14(3)20-18(23)16-10-7-11-25-16/h4-11,13-14H,12H2,1-3H3,(H,20,23). The molecule has 1 heterocycles. The molecule has 0 aliphatic carbocycles.